The highest BCUT2D eigenvalue weighted by Gasteiger charge is 2.22. The minimum absolute atomic E-state index is 0.0408. The molecular formula is C17H27NO3. The summed E-state index contributed by atoms with van der Waals surface area (Å²) in [5.41, 5.74) is 1.69. The zero-order chi connectivity index (χ0) is 15.8. The van der Waals surface area contributed by atoms with E-state index in [4.69, 9.17) is 9.47 Å². The van der Waals surface area contributed by atoms with Gasteiger partial charge in [-0.05, 0) is 37.5 Å². The van der Waals surface area contributed by atoms with Gasteiger partial charge in [-0.25, -0.2) is 0 Å². The number of hydrogen-bond donors (Lipinski definition) is 0. The number of rotatable bonds is 8. The van der Waals surface area contributed by atoms with Crippen LogP contribution in [0.4, 0.5) is 0 Å². The molecule has 0 aliphatic heterocycles. The standard InChI is InChI=1S/C17H27NO3/c1-6-15(7-2)18(10-11-20-4)17(19)14-9-8-13(3)16(12-14)21-5/h8-9,12,15H,6-7,10-11H2,1-5H3. The van der Waals surface area contributed by atoms with Crippen molar-refractivity contribution < 1.29 is 14.3 Å². The minimum Gasteiger partial charge on any atom is -0.496 e. The van der Waals surface area contributed by atoms with E-state index in [1.807, 2.05) is 30.0 Å². The van der Waals surface area contributed by atoms with Crippen molar-refractivity contribution in [3.8, 4) is 5.75 Å². The zero-order valence-electron chi connectivity index (χ0n) is 13.8. The Kier molecular flexibility index (Phi) is 7.23. The van der Waals surface area contributed by atoms with Gasteiger partial charge in [-0.15, -0.1) is 0 Å². The van der Waals surface area contributed by atoms with Gasteiger partial charge in [-0.3, -0.25) is 4.79 Å². The van der Waals surface area contributed by atoms with E-state index in [1.54, 1.807) is 14.2 Å². The van der Waals surface area contributed by atoms with E-state index in [0.717, 1.165) is 24.2 Å². The Morgan fingerprint density at radius 1 is 1.24 bits per heavy atom. The Morgan fingerprint density at radius 3 is 2.43 bits per heavy atom. The van der Waals surface area contributed by atoms with Crippen LogP contribution in [0.3, 0.4) is 0 Å². The van der Waals surface area contributed by atoms with E-state index < -0.39 is 0 Å². The molecule has 1 aromatic rings. The topological polar surface area (TPSA) is 38.8 Å². The summed E-state index contributed by atoms with van der Waals surface area (Å²) in [5.74, 6) is 0.788. The van der Waals surface area contributed by atoms with Gasteiger partial charge in [0.2, 0.25) is 0 Å². The third-order valence-corrected chi connectivity index (χ3v) is 3.84. The van der Waals surface area contributed by atoms with E-state index in [0.29, 0.717) is 18.7 Å². The van der Waals surface area contributed by atoms with Crippen LogP contribution >= 0.6 is 0 Å². The van der Waals surface area contributed by atoms with Crippen LogP contribution in [0.5, 0.6) is 5.75 Å². The van der Waals surface area contributed by atoms with Gasteiger partial charge < -0.3 is 14.4 Å². The molecule has 0 saturated carbocycles. The molecule has 1 aromatic carbocycles. The first kappa shape index (κ1) is 17.5. The number of benzene rings is 1. The Balaban J connectivity index is 3.03. The Bertz CT molecular complexity index is 455. The number of hydrogen-bond acceptors (Lipinski definition) is 3. The van der Waals surface area contributed by atoms with E-state index >= 15 is 0 Å². The molecule has 4 heteroatoms. The molecule has 0 bridgehead atoms. The maximum Gasteiger partial charge on any atom is 0.254 e. The second-order valence-corrected chi connectivity index (χ2v) is 5.15. The number of nitrogens with zero attached hydrogens (tertiary/aromatic N) is 1. The Morgan fingerprint density at radius 2 is 1.90 bits per heavy atom. The maximum absolute atomic E-state index is 12.8. The third kappa shape index (κ3) is 4.46. The van der Waals surface area contributed by atoms with E-state index in [1.165, 1.54) is 0 Å². The summed E-state index contributed by atoms with van der Waals surface area (Å²) < 4.78 is 10.5. The van der Waals surface area contributed by atoms with Crippen molar-refractivity contribution in [1.29, 1.82) is 0 Å². The summed E-state index contributed by atoms with van der Waals surface area (Å²) in [5, 5.41) is 0. The lowest BCUT2D eigenvalue weighted by Gasteiger charge is -2.30. The SMILES string of the molecule is CCC(CC)N(CCOC)C(=O)c1ccc(C)c(OC)c1. The largest absolute Gasteiger partial charge is 0.496 e. The lowest BCUT2D eigenvalue weighted by Crippen LogP contribution is -2.41. The minimum atomic E-state index is 0.0408. The highest BCUT2D eigenvalue weighted by Crippen LogP contribution is 2.21. The van der Waals surface area contributed by atoms with Crippen molar-refractivity contribution >= 4 is 5.91 Å². The first-order valence-electron chi connectivity index (χ1n) is 7.53. The number of carbonyl (C=O) groups is 1. The quantitative estimate of drug-likeness (QED) is 0.738. The molecule has 4 nitrogen and oxygen atoms in total. The molecule has 0 aliphatic carbocycles. The summed E-state index contributed by atoms with van der Waals surface area (Å²) in [4.78, 5) is 14.7. The van der Waals surface area contributed by atoms with Crippen molar-refractivity contribution in [1.82, 2.24) is 4.90 Å². The average Bonchev–Trinajstić information content (AvgIpc) is 2.51. The normalized spacial score (nSPS) is 10.8. The lowest BCUT2D eigenvalue weighted by atomic mass is 10.1. The number of aryl methyl sites for hydroxylation is 1. The van der Waals surface area contributed by atoms with Gasteiger partial charge in [-0.1, -0.05) is 19.9 Å². The molecule has 0 atom stereocenters. The molecule has 21 heavy (non-hydrogen) atoms. The molecule has 118 valence electrons. The molecule has 0 N–H and O–H groups in total. The van der Waals surface area contributed by atoms with Gasteiger partial charge in [0.15, 0.2) is 0 Å². The summed E-state index contributed by atoms with van der Waals surface area (Å²) in [6.45, 7) is 7.34. The van der Waals surface area contributed by atoms with Crippen LogP contribution in [0.25, 0.3) is 0 Å². The fraction of sp³-hybridized carbons (Fsp3) is 0.588. The smallest absolute Gasteiger partial charge is 0.254 e. The van der Waals surface area contributed by atoms with Crippen molar-refractivity contribution in [2.24, 2.45) is 0 Å². The fourth-order valence-electron chi connectivity index (χ4n) is 2.49. The van der Waals surface area contributed by atoms with E-state index in [-0.39, 0.29) is 11.9 Å². The highest BCUT2D eigenvalue weighted by atomic mass is 16.5. The predicted octanol–water partition coefficient (Wildman–Crippen LogP) is 3.28. The Labute approximate surface area is 128 Å². The van der Waals surface area contributed by atoms with Gasteiger partial charge >= 0.3 is 0 Å². The van der Waals surface area contributed by atoms with Gasteiger partial charge in [0.05, 0.1) is 13.7 Å². The zero-order valence-corrected chi connectivity index (χ0v) is 13.8. The van der Waals surface area contributed by atoms with Crippen molar-refractivity contribution in [2.45, 2.75) is 39.7 Å². The molecule has 1 rings (SSSR count). The molecule has 0 aromatic heterocycles. The van der Waals surface area contributed by atoms with E-state index in [2.05, 4.69) is 13.8 Å². The molecule has 0 radical (unpaired) electrons. The first-order chi connectivity index (χ1) is 10.1. The molecular weight excluding hydrogens is 266 g/mol. The van der Waals surface area contributed by atoms with E-state index in [9.17, 15) is 4.79 Å². The molecule has 1 amide bonds. The number of amides is 1. The average molecular weight is 293 g/mol. The molecule has 0 spiro atoms. The van der Waals surface area contributed by atoms with Crippen molar-refractivity contribution in [2.75, 3.05) is 27.4 Å². The van der Waals surface area contributed by atoms with Crippen LogP contribution in [-0.4, -0.2) is 44.2 Å². The number of carbonyl (C=O) groups excluding carboxylic acids is 1. The first-order valence-corrected chi connectivity index (χ1v) is 7.53. The fourth-order valence-corrected chi connectivity index (χ4v) is 2.49. The Hall–Kier alpha value is -1.55. The van der Waals surface area contributed by atoms with Gasteiger partial charge in [-0.2, -0.15) is 0 Å². The van der Waals surface area contributed by atoms with Crippen LogP contribution in [-0.2, 0) is 4.74 Å². The van der Waals surface area contributed by atoms with Crippen LogP contribution in [0.15, 0.2) is 18.2 Å². The summed E-state index contributed by atoms with van der Waals surface area (Å²) in [7, 11) is 3.28. The summed E-state index contributed by atoms with van der Waals surface area (Å²) >= 11 is 0. The molecule has 0 heterocycles. The molecule has 0 saturated heterocycles. The third-order valence-electron chi connectivity index (χ3n) is 3.84. The van der Waals surface area contributed by atoms with Crippen molar-refractivity contribution in [3.63, 3.8) is 0 Å². The van der Waals surface area contributed by atoms with Gasteiger partial charge in [0.1, 0.15) is 5.75 Å². The maximum atomic E-state index is 12.8. The number of ether oxygens (including phenoxy) is 2. The van der Waals surface area contributed by atoms with Crippen LogP contribution in [0, 0.1) is 6.92 Å². The van der Waals surface area contributed by atoms with Gasteiger partial charge in [0.25, 0.3) is 5.91 Å². The molecule has 0 aliphatic rings. The van der Waals surface area contributed by atoms with Crippen molar-refractivity contribution in [3.05, 3.63) is 29.3 Å². The van der Waals surface area contributed by atoms with Crippen LogP contribution in [0.1, 0.15) is 42.6 Å². The number of methoxy groups -OCH3 is 2. The predicted molar refractivity (Wildman–Crippen MR) is 85.0 cm³/mol. The van der Waals surface area contributed by atoms with Crippen LogP contribution in [0.2, 0.25) is 0 Å². The summed E-state index contributed by atoms with van der Waals surface area (Å²) in [6.07, 6.45) is 1.88. The summed E-state index contributed by atoms with van der Waals surface area (Å²) in [6, 6.07) is 5.84. The van der Waals surface area contributed by atoms with Gasteiger partial charge in [0, 0.05) is 25.3 Å². The lowest BCUT2D eigenvalue weighted by molar-refractivity contribution is 0.0589. The monoisotopic (exact) mass is 293 g/mol. The molecule has 0 fully saturated rings. The second-order valence-electron chi connectivity index (χ2n) is 5.15. The molecule has 0 unspecified atom stereocenters. The highest BCUT2D eigenvalue weighted by molar-refractivity contribution is 5.95. The second kappa shape index (κ2) is 8.67. The van der Waals surface area contributed by atoms with Crippen LogP contribution < -0.4 is 4.74 Å².